The number of rotatable bonds is 3. The molecule has 3 heterocycles. The summed E-state index contributed by atoms with van der Waals surface area (Å²) in [5, 5.41) is 10.7. The van der Waals surface area contributed by atoms with E-state index in [1.165, 1.54) is 0 Å². The van der Waals surface area contributed by atoms with Gasteiger partial charge in [-0.05, 0) is 23.8 Å². The molecule has 32 heavy (non-hydrogen) atoms. The smallest absolute Gasteiger partial charge is 0.346 e. The molecule has 0 aromatic heterocycles. The number of aliphatic hydroxyl groups is 1. The molecule has 3 aliphatic heterocycles. The van der Waals surface area contributed by atoms with Crippen molar-refractivity contribution >= 4 is 11.8 Å². The lowest BCUT2D eigenvalue weighted by Crippen LogP contribution is -2.64. The van der Waals surface area contributed by atoms with Crippen LogP contribution in [0.3, 0.4) is 0 Å². The maximum absolute atomic E-state index is 13.3. The van der Waals surface area contributed by atoms with Gasteiger partial charge in [-0.2, -0.15) is 0 Å². The van der Waals surface area contributed by atoms with Crippen LogP contribution in [0.4, 0.5) is 0 Å². The zero-order chi connectivity index (χ0) is 22.6. The summed E-state index contributed by atoms with van der Waals surface area (Å²) in [4.78, 5) is 26.3. The van der Waals surface area contributed by atoms with E-state index < -0.39 is 23.6 Å². The number of aliphatic hydroxyl groups excluding tert-OH is 1. The molecule has 2 unspecified atom stereocenters. The third-order valence-electron chi connectivity index (χ3n) is 7.55. The minimum atomic E-state index is -1.07. The van der Waals surface area contributed by atoms with Gasteiger partial charge in [0.15, 0.2) is 17.1 Å². The largest absolute Gasteiger partial charge is 0.486 e. The molecule has 170 valence electrons. The van der Waals surface area contributed by atoms with Crippen LogP contribution in [-0.2, 0) is 30.4 Å². The van der Waals surface area contributed by atoms with Gasteiger partial charge in [0, 0.05) is 12.3 Å². The Morgan fingerprint density at radius 2 is 1.84 bits per heavy atom. The molecule has 2 aliphatic carbocycles. The number of hydrogen-bond donors (Lipinski definition) is 1. The van der Waals surface area contributed by atoms with Gasteiger partial charge < -0.3 is 19.3 Å². The first-order chi connectivity index (χ1) is 15.3. The van der Waals surface area contributed by atoms with Crippen molar-refractivity contribution in [2.45, 2.75) is 64.1 Å². The highest BCUT2D eigenvalue weighted by Crippen LogP contribution is 2.57. The van der Waals surface area contributed by atoms with Gasteiger partial charge in [0.25, 0.3) is 0 Å². The normalized spacial score (nSPS) is 41.7. The number of carbonyl (C=O) groups is 2. The Morgan fingerprint density at radius 1 is 1.09 bits per heavy atom. The minimum Gasteiger partial charge on any atom is -0.486 e. The molecule has 2 saturated heterocycles. The van der Waals surface area contributed by atoms with Gasteiger partial charge in [0.05, 0.1) is 18.6 Å². The molecule has 1 N–H and O–H groups in total. The molecule has 1 aromatic carbocycles. The lowest BCUT2D eigenvalue weighted by atomic mass is 9.64. The molecule has 3 fully saturated rings. The first-order valence-corrected chi connectivity index (χ1v) is 11.5. The SMILES string of the molecule is C[C@@H]1C[C@H](C)C(O)/C=C\C2[C@H](OCc3ccccc3)[C@@H]3OC4=C(C(=O)O[C@@]42C[C@H]3C)C1=O. The molecule has 1 spiro atoms. The van der Waals surface area contributed by atoms with E-state index >= 15 is 0 Å². The van der Waals surface area contributed by atoms with Crippen molar-refractivity contribution in [3.05, 3.63) is 59.4 Å². The summed E-state index contributed by atoms with van der Waals surface area (Å²) < 4.78 is 18.7. The third-order valence-corrected chi connectivity index (χ3v) is 7.55. The second-order valence-electron chi connectivity index (χ2n) is 9.89. The zero-order valence-corrected chi connectivity index (χ0v) is 18.7. The summed E-state index contributed by atoms with van der Waals surface area (Å²) >= 11 is 0. The monoisotopic (exact) mass is 438 g/mol. The van der Waals surface area contributed by atoms with E-state index in [4.69, 9.17) is 14.2 Å². The van der Waals surface area contributed by atoms with Gasteiger partial charge in [-0.15, -0.1) is 0 Å². The fourth-order valence-electron chi connectivity index (χ4n) is 5.84. The Bertz CT molecular complexity index is 981. The number of benzene rings is 1. The van der Waals surface area contributed by atoms with E-state index in [9.17, 15) is 14.7 Å². The number of hydrogen-bond acceptors (Lipinski definition) is 6. The third kappa shape index (κ3) is 3.23. The fraction of sp³-hybridized carbons (Fsp3) is 0.538. The Labute approximate surface area is 188 Å². The molecule has 6 nitrogen and oxygen atoms in total. The Hall–Kier alpha value is -2.44. The predicted octanol–water partition coefficient (Wildman–Crippen LogP) is 3.34. The van der Waals surface area contributed by atoms with Crippen molar-refractivity contribution in [2.24, 2.45) is 23.7 Å². The quantitative estimate of drug-likeness (QED) is 0.443. The maximum Gasteiger partial charge on any atom is 0.346 e. The molecule has 0 amide bonds. The first-order valence-electron chi connectivity index (χ1n) is 11.5. The van der Waals surface area contributed by atoms with Crippen LogP contribution in [0.25, 0.3) is 0 Å². The van der Waals surface area contributed by atoms with Crippen LogP contribution in [0, 0.1) is 23.7 Å². The van der Waals surface area contributed by atoms with Gasteiger partial charge >= 0.3 is 5.97 Å². The minimum absolute atomic E-state index is 0.0536. The summed E-state index contributed by atoms with van der Waals surface area (Å²) in [6.45, 7) is 6.18. The number of ketones is 1. The molecule has 0 radical (unpaired) electrons. The van der Waals surface area contributed by atoms with E-state index in [1.54, 1.807) is 13.0 Å². The summed E-state index contributed by atoms with van der Waals surface area (Å²) in [5.74, 6) is -1.29. The van der Waals surface area contributed by atoms with Crippen molar-refractivity contribution in [1.82, 2.24) is 0 Å². The standard InChI is InChI=1S/C26H30O6/c1-14-11-15(2)21(28)20-24-26(32-25(20)29)12-16(3)22(31-24)23(18(26)9-10-19(14)27)30-13-17-7-5-4-6-8-17/h4-10,14-16,18-19,22-23,27H,11-13H2,1-3H3/b10-9-/t14-,15+,16+,18?,19?,22+,23-,26+/m0/s1. The molecule has 6 heteroatoms. The van der Waals surface area contributed by atoms with E-state index in [-0.39, 0.29) is 41.3 Å². The van der Waals surface area contributed by atoms with Gasteiger partial charge in [-0.3, -0.25) is 4.79 Å². The van der Waals surface area contributed by atoms with E-state index in [2.05, 4.69) is 6.92 Å². The first kappa shape index (κ1) is 21.4. The molecule has 5 aliphatic rings. The molecule has 8 atom stereocenters. The Balaban J connectivity index is 1.59. The second-order valence-corrected chi connectivity index (χ2v) is 9.89. The van der Waals surface area contributed by atoms with Crippen LogP contribution >= 0.6 is 0 Å². The Kier molecular flexibility index (Phi) is 5.25. The summed E-state index contributed by atoms with van der Waals surface area (Å²) in [6.07, 6.45) is 3.36. The van der Waals surface area contributed by atoms with Gasteiger partial charge in [0.1, 0.15) is 17.8 Å². The molecule has 6 rings (SSSR count). The number of fused-ring (bicyclic) bond motifs is 1. The number of carbonyl (C=O) groups excluding carboxylic acids is 2. The van der Waals surface area contributed by atoms with Crippen molar-refractivity contribution in [3.63, 3.8) is 0 Å². The number of esters is 1. The summed E-state index contributed by atoms with van der Waals surface area (Å²) in [7, 11) is 0. The van der Waals surface area contributed by atoms with Crippen molar-refractivity contribution in [1.29, 1.82) is 0 Å². The van der Waals surface area contributed by atoms with Crippen molar-refractivity contribution < 1.29 is 28.9 Å². The van der Waals surface area contributed by atoms with Crippen LogP contribution in [0.15, 0.2) is 53.8 Å². The molecular weight excluding hydrogens is 408 g/mol. The van der Waals surface area contributed by atoms with Crippen LogP contribution in [0.2, 0.25) is 0 Å². The molecule has 5 bridgehead atoms. The van der Waals surface area contributed by atoms with Gasteiger partial charge in [-0.1, -0.05) is 63.3 Å². The van der Waals surface area contributed by atoms with E-state index in [1.807, 2.05) is 43.3 Å². The summed E-state index contributed by atoms with van der Waals surface area (Å²) in [5.41, 5.74) is 0.0244. The average Bonchev–Trinajstić information content (AvgIpc) is 3.06. The predicted molar refractivity (Wildman–Crippen MR) is 116 cm³/mol. The topological polar surface area (TPSA) is 82.1 Å². The van der Waals surface area contributed by atoms with E-state index in [0.717, 1.165) is 5.56 Å². The fourth-order valence-corrected chi connectivity index (χ4v) is 5.84. The maximum atomic E-state index is 13.3. The number of Topliss-reactive ketones (excluding diaryl/α,β-unsaturated/α-hetero) is 1. The number of ether oxygens (including phenoxy) is 3. The Morgan fingerprint density at radius 3 is 2.59 bits per heavy atom. The van der Waals surface area contributed by atoms with Crippen LogP contribution in [0.1, 0.15) is 39.2 Å². The highest BCUT2D eigenvalue weighted by Gasteiger charge is 2.67. The van der Waals surface area contributed by atoms with Crippen LogP contribution < -0.4 is 0 Å². The van der Waals surface area contributed by atoms with Crippen LogP contribution in [-0.4, -0.2) is 40.8 Å². The second kappa shape index (κ2) is 7.85. The van der Waals surface area contributed by atoms with Gasteiger partial charge in [-0.25, -0.2) is 4.79 Å². The van der Waals surface area contributed by atoms with Crippen molar-refractivity contribution in [3.8, 4) is 0 Å². The van der Waals surface area contributed by atoms with Crippen LogP contribution in [0.5, 0.6) is 0 Å². The lowest BCUT2D eigenvalue weighted by Gasteiger charge is -2.55. The molecule has 1 saturated carbocycles. The van der Waals surface area contributed by atoms with E-state index in [0.29, 0.717) is 25.2 Å². The molecule has 1 aromatic rings. The summed E-state index contributed by atoms with van der Waals surface area (Å²) in [6, 6.07) is 9.89. The highest BCUT2D eigenvalue weighted by molar-refractivity contribution is 6.20. The average molecular weight is 439 g/mol. The van der Waals surface area contributed by atoms with Gasteiger partial charge in [0.2, 0.25) is 0 Å². The highest BCUT2D eigenvalue weighted by atomic mass is 16.6. The van der Waals surface area contributed by atoms with Crippen molar-refractivity contribution in [2.75, 3.05) is 0 Å². The lowest BCUT2D eigenvalue weighted by molar-refractivity contribution is -0.234. The zero-order valence-electron chi connectivity index (χ0n) is 18.7. The molecular formula is C26H30O6.